The lowest BCUT2D eigenvalue weighted by molar-refractivity contribution is -0.117. The van der Waals surface area contributed by atoms with E-state index in [2.05, 4.69) is 10.6 Å². The molecule has 0 spiro atoms. The van der Waals surface area contributed by atoms with E-state index in [9.17, 15) is 9.59 Å². The van der Waals surface area contributed by atoms with Crippen molar-refractivity contribution in [3.63, 3.8) is 0 Å². The standard InChI is InChI=1S/C20H25N3O2/c1-14(2)23(17-9-6-5-7-10-17)20(25)13-21-18-11-8-12-19(15(18)3)22-16(4)24/h5-12,14,21H,13H2,1-4H3,(H,22,24). The third-order valence-electron chi connectivity index (χ3n) is 3.89. The zero-order chi connectivity index (χ0) is 18.4. The first-order valence-electron chi connectivity index (χ1n) is 8.38. The van der Waals surface area contributed by atoms with Crippen LogP contribution in [0.2, 0.25) is 0 Å². The second-order valence-corrected chi connectivity index (χ2v) is 6.21. The molecule has 2 amide bonds. The molecule has 0 fully saturated rings. The number of rotatable bonds is 6. The summed E-state index contributed by atoms with van der Waals surface area (Å²) in [4.78, 5) is 25.8. The van der Waals surface area contributed by atoms with Gasteiger partial charge in [0.15, 0.2) is 0 Å². The van der Waals surface area contributed by atoms with Crippen molar-refractivity contribution in [1.29, 1.82) is 0 Å². The van der Waals surface area contributed by atoms with Crippen LogP contribution in [0, 0.1) is 6.92 Å². The van der Waals surface area contributed by atoms with Crippen LogP contribution < -0.4 is 15.5 Å². The molecule has 0 saturated carbocycles. The van der Waals surface area contributed by atoms with Crippen molar-refractivity contribution in [2.45, 2.75) is 33.7 Å². The van der Waals surface area contributed by atoms with E-state index in [1.54, 1.807) is 4.90 Å². The summed E-state index contributed by atoms with van der Waals surface area (Å²) >= 11 is 0. The normalized spacial score (nSPS) is 10.4. The number of hydrogen-bond donors (Lipinski definition) is 2. The van der Waals surface area contributed by atoms with Crippen LogP contribution in [0.5, 0.6) is 0 Å². The molecule has 0 heterocycles. The molecule has 0 aliphatic rings. The molecule has 0 atom stereocenters. The van der Waals surface area contributed by atoms with Crippen LogP contribution >= 0.6 is 0 Å². The molecular weight excluding hydrogens is 314 g/mol. The maximum Gasteiger partial charge on any atom is 0.246 e. The van der Waals surface area contributed by atoms with Gasteiger partial charge in [-0.3, -0.25) is 9.59 Å². The molecule has 0 radical (unpaired) electrons. The van der Waals surface area contributed by atoms with Gasteiger partial charge in [-0.15, -0.1) is 0 Å². The van der Waals surface area contributed by atoms with Crippen LogP contribution in [-0.4, -0.2) is 24.4 Å². The Labute approximate surface area is 149 Å². The molecule has 2 aromatic carbocycles. The quantitative estimate of drug-likeness (QED) is 0.841. The van der Waals surface area contributed by atoms with Crippen molar-refractivity contribution in [2.24, 2.45) is 0 Å². The number of nitrogens with one attached hydrogen (secondary N) is 2. The highest BCUT2D eigenvalue weighted by Crippen LogP contribution is 2.23. The molecule has 0 bridgehead atoms. The maximum atomic E-state index is 12.7. The lowest BCUT2D eigenvalue weighted by Crippen LogP contribution is -2.40. The molecule has 5 nitrogen and oxygen atoms in total. The fraction of sp³-hybridized carbons (Fsp3) is 0.300. The van der Waals surface area contributed by atoms with Gasteiger partial charge in [0.2, 0.25) is 11.8 Å². The minimum Gasteiger partial charge on any atom is -0.376 e. The smallest absolute Gasteiger partial charge is 0.246 e. The minimum absolute atomic E-state index is 0.00877. The van der Waals surface area contributed by atoms with E-state index >= 15 is 0 Å². The Balaban J connectivity index is 2.12. The summed E-state index contributed by atoms with van der Waals surface area (Å²) < 4.78 is 0. The van der Waals surface area contributed by atoms with Crippen LogP contribution in [-0.2, 0) is 9.59 Å². The lowest BCUT2D eigenvalue weighted by atomic mass is 10.1. The van der Waals surface area contributed by atoms with Gasteiger partial charge in [-0.25, -0.2) is 0 Å². The summed E-state index contributed by atoms with van der Waals surface area (Å²) in [5.74, 6) is -0.128. The summed E-state index contributed by atoms with van der Waals surface area (Å²) in [5.41, 5.74) is 3.36. The van der Waals surface area contributed by atoms with Gasteiger partial charge in [0.25, 0.3) is 0 Å². The largest absolute Gasteiger partial charge is 0.376 e. The zero-order valence-corrected chi connectivity index (χ0v) is 15.2. The van der Waals surface area contributed by atoms with E-state index in [0.29, 0.717) is 0 Å². The average molecular weight is 339 g/mol. The maximum absolute atomic E-state index is 12.7. The van der Waals surface area contributed by atoms with Gasteiger partial charge in [-0.2, -0.15) is 0 Å². The van der Waals surface area contributed by atoms with Crippen molar-refractivity contribution in [1.82, 2.24) is 0 Å². The second-order valence-electron chi connectivity index (χ2n) is 6.21. The molecule has 2 rings (SSSR count). The summed E-state index contributed by atoms with van der Waals surface area (Å²) in [6, 6.07) is 15.3. The molecule has 25 heavy (non-hydrogen) atoms. The van der Waals surface area contributed by atoms with E-state index in [0.717, 1.165) is 22.6 Å². The Morgan fingerprint density at radius 1 is 1.00 bits per heavy atom. The average Bonchev–Trinajstić information content (AvgIpc) is 2.56. The van der Waals surface area contributed by atoms with Crippen LogP contribution in [0.3, 0.4) is 0 Å². The van der Waals surface area contributed by atoms with Crippen molar-refractivity contribution < 1.29 is 9.59 Å². The SMILES string of the molecule is CC(=O)Nc1cccc(NCC(=O)N(c2ccccc2)C(C)C)c1C. The topological polar surface area (TPSA) is 61.4 Å². The fourth-order valence-electron chi connectivity index (χ4n) is 2.73. The summed E-state index contributed by atoms with van der Waals surface area (Å²) in [6.07, 6.45) is 0. The van der Waals surface area contributed by atoms with Gasteiger partial charge >= 0.3 is 0 Å². The van der Waals surface area contributed by atoms with Crippen LogP contribution in [0.25, 0.3) is 0 Å². The lowest BCUT2D eigenvalue weighted by Gasteiger charge is -2.27. The van der Waals surface area contributed by atoms with Gasteiger partial charge < -0.3 is 15.5 Å². The predicted molar refractivity (Wildman–Crippen MR) is 103 cm³/mol. The minimum atomic E-state index is -0.119. The highest BCUT2D eigenvalue weighted by atomic mass is 16.2. The highest BCUT2D eigenvalue weighted by Gasteiger charge is 2.18. The zero-order valence-electron chi connectivity index (χ0n) is 15.2. The third-order valence-corrected chi connectivity index (χ3v) is 3.89. The monoisotopic (exact) mass is 339 g/mol. The molecular formula is C20H25N3O2. The number of anilines is 3. The Kier molecular flexibility index (Phi) is 6.17. The molecule has 0 unspecified atom stereocenters. The van der Waals surface area contributed by atoms with Crippen molar-refractivity contribution >= 4 is 28.9 Å². The molecule has 132 valence electrons. The van der Waals surface area contributed by atoms with Gasteiger partial charge in [-0.05, 0) is 50.6 Å². The molecule has 0 aliphatic carbocycles. The fourth-order valence-corrected chi connectivity index (χ4v) is 2.73. The van der Waals surface area contributed by atoms with E-state index < -0.39 is 0 Å². The third kappa shape index (κ3) is 4.83. The molecule has 0 saturated heterocycles. The van der Waals surface area contributed by atoms with Crippen molar-refractivity contribution in [3.8, 4) is 0 Å². The Morgan fingerprint density at radius 3 is 2.24 bits per heavy atom. The van der Waals surface area contributed by atoms with Crippen LogP contribution in [0.4, 0.5) is 17.1 Å². The number of benzene rings is 2. The number of amides is 2. The second kappa shape index (κ2) is 8.33. The summed E-state index contributed by atoms with van der Waals surface area (Å²) in [7, 11) is 0. The van der Waals surface area contributed by atoms with E-state index in [4.69, 9.17) is 0 Å². The van der Waals surface area contributed by atoms with Crippen LogP contribution in [0.15, 0.2) is 48.5 Å². The Morgan fingerprint density at radius 2 is 1.64 bits per heavy atom. The first kappa shape index (κ1) is 18.5. The van der Waals surface area contributed by atoms with E-state index in [-0.39, 0.29) is 24.4 Å². The van der Waals surface area contributed by atoms with Gasteiger partial charge in [0.05, 0.1) is 6.54 Å². The molecule has 5 heteroatoms. The molecule has 2 N–H and O–H groups in total. The van der Waals surface area contributed by atoms with Gasteiger partial charge in [0, 0.05) is 30.0 Å². The Bertz CT molecular complexity index is 742. The summed E-state index contributed by atoms with van der Waals surface area (Å²) in [6.45, 7) is 7.55. The van der Waals surface area contributed by atoms with E-state index in [1.807, 2.05) is 69.3 Å². The molecule has 0 aromatic heterocycles. The van der Waals surface area contributed by atoms with Gasteiger partial charge in [0.1, 0.15) is 0 Å². The first-order valence-corrected chi connectivity index (χ1v) is 8.38. The predicted octanol–water partition coefficient (Wildman–Crippen LogP) is 3.81. The van der Waals surface area contributed by atoms with Crippen LogP contribution in [0.1, 0.15) is 26.3 Å². The summed E-state index contributed by atoms with van der Waals surface area (Å²) in [5, 5.41) is 5.98. The van der Waals surface area contributed by atoms with Crippen molar-refractivity contribution in [2.75, 3.05) is 22.1 Å². The number of hydrogen-bond acceptors (Lipinski definition) is 3. The van der Waals surface area contributed by atoms with E-state index in [1.165, 1.54) is 6.92 Å². The highest BCUT2D eigenvalue weighted by molar-refractivity contribution is 5.97. The molecule has 0 aliphatic heterocycles. The number of nitrogens with zero attached hydrogens (tertiary/aromatic N) is 1. The number of carbonyl (C=O) groups excluding carboxylic acids is 2. The van der Waals surface area contributed by atoms with Gasteiger partial charge in [-0.1, -0.05) is 24.3 Å². The molecule has 2 aromatic rings. The first-order chi connectivity index (χ1) is 11.9. The number of carbonyl (C=O) groups is 2. The Hall–Kier alpha value is -2.82. The van der Waals surface area contributed by atoms with Crippen molar-refractivity contribution in [3.05, 3.63) is 54.1 Å². The number of para-hydroxylation sites is 1.